The average molecular weight is 200 g/mol. The molecule has 0 aliphatic heterocycles. The molecule has 0 saturated heterocycles. The highest BCUT2D eigenvalue weighted by molar-refractivity contribution is 5.73. The van der Waals surface area contributed by atoms with Crippen molar-refractivity contribution in [3.8, 4) is 22.8 Å². The van der Waals surface area contributed by atoms with Crippen molar-refractivity contribution in [3.63, 3.8) is 0 Å². The minimum absolute atomic E-state index is 0.676. The lowest BCUT2D eigenvalue weighted by molar-refractivity contribution is 0.942. The minimum Gasteiger partial charge on any atom is -0.343 e. The predicted octanol–water partition coefficient (Wildman–Crippen LogP) is 0.385. The van der Waals surface area contributed by atoms with Crippen molar-refractivity contribution in [2.45, 2.75) is 0 Å². The quantitative estimate of drug-likeness (QED) is 0.557. The Hall–Kier alpha value is -2.44. The number of hydrogen-bond donors (Lipinski definition) is 3. The zero-order chi connectivity index (χ0) is 10.1. The molecule has 3 rings (SSSR count). The van der Waals surface area contributed by atoms with Crippen LogP contribution in [0.5, 0.6) is 0 Å². The highest BCUT2D eigenvalue weighted by Crippen LogP contribution is 2.24. The van der Waals surface area contributed by atoms with E-state index in [1.54, 1.807) is 18.6 Å². The third-order valence-electron chi connectivity index (χ3n) is 1.99. The third-order valence-corrected chi connectivity index (χ3v) is 1.99. The van der Waals surface area contributed by atoms with E-state index in [0.717, 1.165) is 11.3 Å². The van der Waals surface area contributed by atoms with Gasteiger partial charge in [-0.15, -0.1) is 5.10 Å². The first-order valence-electron chi connectivity index (χ1n) is 4.28. The highest BCUT2D eigenvalue weighted by Gasteiger charge is 2.13. The van der Waals surface area contributed by atoms with Crippen LogP contribution in [0.4, 0.5) is 0 Å². The summed E-state index contributed by atoms with van der Waals surface area (Å²) in [5, 5.41) is 16.8. The van der Waals surface area contributed by atoms with Crippen molar-refractivity contribution < 1.29 is 0 Å². The van der Waals surface area contributed by atoms with Crippen LogP contribution in [0.3, 0.4) is 0 Å². The lowest BCUT2D eigenvalue weighted by atomic mass is 10.2. The van der Waals surface area contributed by atoms with Crippen LogP contribution in [0.15, 0.2) is 18.6 Å². The smallest absolute Gasteiger partial charge is 0.156 e. The third kappa shape index (κ3) is 1.21. The molecule has 0 aliphatic carbocycles. The Bertz CT molecular complexity index is 485. The fraction of sp³-hybridized carbons (Fsp3) is 0. The van der Waals surface area contributed by atoms with Crippen LogP contribution in [-0.2, 0) is 0 Å². The van der Waals surface area contributed by atoms with Gasteiger partial charge in [0.2, 0.25) is 0 Å². The molecule has 1 radical (unpaired) electrons. The van der Waals surface area contributed by atoms with E-state index in [9.17, 15) is 0 Å². The number of imidazole rings is 1. The fourth-order valence-electron chi connectivity index (χ4n) is 1.33. The molecule has 3 aromatic rings. The van der Waals surface area contributed by atoms with Crippen LogP contribution < -0.4 is 0 Å². The second-order valence-corrected chi connectivity index (χ2v) is 2.88. The molecule has 7 nitrogen and oxygen atoms in total. The van der Waals surface area contributed by atoms with Crippen molar-refractivity contribution in [1.82, 2.24) is 35.6 Å². The maximum atomic E-state index is 4.12. The molecule has 0 atom stereocenters. The Labute approximate surface area is 84.0 Å². The summed E-state index contributed by atoms with van der Waals surface area (Å²) in [6.45, 7) is 0. The Morgan fingerprint density at radius 3 is 3.07 bits per heavy atom. The van der Waals surface area contributed by atoms with E-state index in [2.05, 4.69) is 41.8 Å². The summed E-state index contributed by atoms with van der Waals surface area (Å²) >= 11 is 0. The van der Waals surface area contributed by atoms with Crippen molar-refractivity contribution >= 4 is 0 Å². The molecule has 0 fully saturated rings. The fourth-order valence-corrected chi connectivity index (χ4v) is 1.33. The maximum Gasteiger partial charge on any atom is 0.156 e. The monoisotopic (exact) mass is 200 g/mol. The summed E-state index contributed by atoms with van der Waals surface area (Å²) < 4.78 is 0. The highest BCUT2D eigenvalue weighted by atomic mass is 15.3. The van der Waals surface area contributed by atoms with E-state index in [-0.39, 0.29) is 0 Å². The van der Waals surface area contributed by atoms with Gasteiger partial charge in [0, 0.05) is 12.4 Å². The molecule has 0 bridgehead atoms. The summed E-state index contributed by atoms with van der Waals surface area (Å²) in [6, 6.07) is 0. The van der Waals surface area contributed by atoms with Crippen LogP contribution in [0, 0.1) is 6.20 Å². The van der Waals surface area contributed by atoms with Crippen molar-refractivity contribution in [3.05, 3.63) is 24.8 Å². The first-order chi connectivity index (χ1) is 7.45. The molecule has 7 heteroatoms. The summed E-state index contributed by atoms with van der Waals surface area (Å²) in [5.41, 5.74) is 2.16. The number of nitrogens with one attached hydrogen (secondary N) is 3. The van der Waals surface area contributed by atoms with Crippen LogP contribution in [0.1, 0.15) is 0 Å². The number of aromatic amines is 3. The first-order valence-corrected chi connectivity index (χ1v) is 4.28. The normalized spacial score (nSPS) is 10.7. The Morgan fingerprint density at radius 1 is 1.33 bits per heavy atom. The summed E-state index contributed by atoms with van der Waals surface area (Å²) in [7, 11) is 0. The van der Waals surface area contributed by atoms with E-state index in [0.29, 0.717) is 11.5 Å². The van der Waals surface area contributed by atoms with Crippen LogP contribution >= 0.6 is 0 Å². The van der Waals surface area contributed by atoms with Crippen LogP contribution in [-0.4, -0.2) is 35.6 Å². The summed E-state index contributed by atoms with van der Waals surface area (Å²) in [5.74, 6) is 0.696. The van der Waals surface area contributed by atoms with Gasteiger partial charge in [-0.3, -0.25) is 10.2 Å². The number of aromatic nitrogens is 7. The van der Waals surface area contributed by atoms with Gasteiger partial charge < -0.3 is 4.98 Å². The zero-order valence-electron chi connectivity index (χ0n) is 7.52. The lowest BCUT2D eigenvalue weighted by Gasteiger charge is -1.94. The molecule has 3 heterocycles. The molecule has 0 unspecified atom stereocenters. The minimum atomic E-state index is 0.676. The average Bonchev–Trinajstić information content (AvgIpc) is 3.01. The molecular weight excluding hydrogens is 194 g/mol. The molecule has 0 spiro atoms. The maximum absolute atomic E-state index is 4.12. The van der Waals surface area contributed by atoms with Gasteiger partial charge >= 0.3 is 0 Å². The number of hydrogen-bond acceptors (Lipinski definition) is 4. The molecule has 0 aromatic carbocycles. The second-order valence-electron chi connectivity index (χ2n) is 2.88. The van der Waals surface area contributed by atoms with Crippen molar-refractivity contribution in [1.29, 1.82) is 0 Å². The molecule has 73 valence electrons. The number of H-pyrrole nitrogens is 3. The van der Waals surface area contributed by atoms with E-state index >= 15 is 0 Å². The van der Waals surface area contributed by atoms with E-state index < -0.39 is 0 Å². The Balaban J connectivity index is 2.15. The predicted molar refractivity (Wildman–Crippen MR) is 50.4 cm³/mol. The number of nitrogens with zero attached hydrogens (tertiary/aromatic N) is 4. The Morgan fingerprint density at radius 2 is 2.33 bits per heavy atom. The second kappa shape index (κ2) is 3.05. The van der Waals surface area contributed by atoms with Gasteiger partial charge in [0.05, 0.1) is 11.8 Å². The first kappa shape index (κ1) is 7.92. The molecule has 15 heavy (non-hydrogen) atoms. The molecule has 3 N–H and O–H groups in total. The van der Waals surface area contributed by atoms with Gasteiger partial charge in [-0.25, -0.2) is 4.98 Å². The molecule has 0 amide bonds. The van der Waals surface area contributed by atoms with Gasteiger partial charge in [-0.05, 0) is 0 Å². The summed E-state index contributed by atoms with van der Waals surface area (Å²) in [6.07, 6.45) is 7.89. The topological polar surface area (TPSA) is 98.9 Å². The van der Waals surface area contributed by atoms with Gasteiger partial charge in [-0.2, -0.15) is 5.10 Å². The zero-order valence-corrected chi connectivity index (χ0v) is 7.52. The van der Waals surface area contributed by atoms with Gasteiger partial charge in [0.15, 0.2) is 5.82 Å². The van der Waals surface area contributed by atoms with E-state index in [4.69, 9.17) is 0 Å². The van der Waals surface area contributed by atoms with E-state index in [1.807, 2.05) is 0 Å². The van der Waals surface area contributed by atoms with Crippen LogP contribution in [0.2, 0.25) is 0 Å². The van der Waals surface area contributed by atoms with Crippen molar-refractivity contribution in [2.24, 2.45) is 0 Å². The van der Waals surface area contributed by atoms with Crippen LogP contribution in [0.25, 0.3) is 22.8 Å². The Kier molecular flexibility index (Phi) is 1.61. The standard InChI is InChI=1S/C8H6N7/c1-2-10-8(9-1)7-5(3-11-14-7)6-4-12-15-13-6/h1-2,4H,(H,9,10)(H,11,14)(H,12,13,15). The number of rotatable bonds is 2. The molecule has 0 saturated carbocycles. The largest absolute Gasteiger partial charge is 0.343 e. The van der Waals surface area contributed by atoms with Gasteiger partial charge in [0.1, 0.15) is 17.6 Å². The SMILES string of the molecule is [c]1n[nH]c(-c2ncc[nH]2)c1-c1c[nH]nn1. The van der Waals surface area contributed by atoms with E-state index in [1.165, 1.54) is 0 Å². The molecule has 3 aromatic heterocycles. The van der Waals surface area contributed by atoms with Gasteiger partial charge in [-0.1, -0.05) is 5.21 Å². The lowest BCUT2D eigenvalue weighted by Crippen LogP contribution is -1.85. The van der Waals surface area contributed by atoms with Gasteiger partial charge in [0.25, 0.3) is 0 Å². The molecular formula is C8H6N7. The molecule has 0 aliphatic rings. The summed E-state index contributed by atoms with van der Waals surface area (Å²) in [4.78, 5) is 7.11. The van der Waals surface area contributed by atoms with Crippen molar-refractivity contribution in [2.75, 3.05) is 0 Å².